The molecule has 1 saturated carbocycles. The Morgan fingerprint density at radius 2 is 1.90 bits per heavy atom. The highest BCUT2D eigenvalue weighted by Crippen LogP contribution is 2.34. The molecule has 4 rings (SSSR count). The fourth-order valence-electron chi connectivity index (χ4n) is 3.76. The normalized spacial score (nSPS) is 18.2. The number of hydrazone groups is 1. The lowest BCUT2D eigenvalue weighted by molar-refractivity contribution is -0.141. The number of aryl methyl sites for hydroxylation is 1. The predicted octanol–water partition coefficient (Wildman–Crippen LogP) is 3.55. The molecule has 1 fully saturated rings. The summed E-state index contributed by atoms with van der Waals surface area (Å²) in [5.41, 5.74) is 3.97. The van der Waals surface area contributed by atoms with Gasteiger partial charge in [-0.25, -0.2) is 5.01 Å². The van der Waals surface area contributed by atoms with Crippen LogP contribution in [0.5, 0.6) is 5.75 Å². The summed E-state index contributed by atoms with van der Waals surface area (Å²) in [6.45, 7) is 2.07. The lowest BCUT2D eigenvalue weighted by atomic mass is 9.97. The Labute approximate surface area is 177 Å². The highest BCUT2D eigenvalue weighted by atomic mass is 16.5. The van der Waals surface area contributed by atoms with Gasteiger partial charge in [0.2, 0.25) is 5.91 Å². The molecule has 2 aliphatic rings. The third-order valence-corrected chi connectivity index (χ3v) is 5.71. The maximum absolute atomic E-state index is 13.2. The molecule has 2 aromatic rings. The molecule has 0 saturated heterocycles. The Bertz CT molecular complexity index is 979. The number of rotatable bonds is 6. The topological polar surface area (TPSA) is 62.2 Å². The van der Waals surface area contributed by atoms with Gasteiger partial charge in [0.1, 0.15) is 12.3 Å². The molecule has 0 N–H and O–H groups in total. The summed E-state index contributed by atoms with van der Waals surface area (Å²) in [6.07, 6.45) is 2.46. The van der Waals surface area contributed by atoms with Crippen LogP contribution in [-0.2, 0) is 9.59 Å². The van der Waals surface area contributed by atoms with Crippen LogP contribution in [0.15, 0.2) is 53.6 Å². The van der Waals surface area contributed by atoms with Gasteiger partial charge in [0.05, 0.1) is 18.9 Å². The molecule has 1 aliphatic heterocycles. The van der Waals surface area contributed by atoms with Crippen LogP contribution < -0.4 is 4.74 Å². The van der Waals surface area contributed by atoms with Gasteiger partial charge in [-0.15, -0.1) is 0 Å². The number of ether oxygens (including phenoxy) is 1. The molecule has 1 heterocycles. The number of carbonyl (C=O) groups is 2. The van der Waals surface area contributed by atoms with E-state index in [1.807, 2.05) is 55.5 Å². The van der Waals surface area contributed by atoms with Crippen molar-refractivity contribution in [3.63, 3.8) is 0 Å². The van der Waals surface area contributed by atoms with Gasteiger partial charge in [0, 0.05) is 24.9 Å². The van der Waals surface area contributed by atoms with Crippen LogP contribution in [0.2, 0.25) is 0 Å². The van der Waals surface area contributed by atoms with Crippen LogP contribution in [0.1, 0.15) is 42.0 Å². The number of benzene rings is 2. The quantitative estimate of drug-likeness (QED) is 0.738. The van der Waals surface area contributed by atoms with E-state index in [0.717, 1.165) is 35.4 Å². The van der Waals surface area contributed by atoms with E-state index in [-0.39, 0.29) is 30.3 Å². The number of hydrogen-bond acceptors (Lipinski definition) is 4. The minimum atomic E-state index is -0.191. The average Bonchev–Trinajstić information content (AvgIpc) is 3.51. The average molecular weight is 405 g/mol. The summed E-state index contributed by atoms with van der Waals surface area (Å²) >= 11 is 0. The molecule has 1 aliphatic carbocycles. The van der Waals surface area contributed by atoms with Crippen molar-refractivity contribution in [3.05, 3.63) is 65.2 Å². The van der Waals surface area contributed by atoms with E-state index in [1.54, 1.807) is 19.2 Å². The summed E-state index contributed by atoms with van der Waals surface area (Å²) in [5, 5.41) is 6.25. The molecule has 6 nitrogen and oxygen atoms in total. The van der Waals surface area contributed by atoms with Crippen molar-refractivity contribution in [2.75, 3.05) is 20.7 Å². The maximum Gasteiger partial charge on any atom is 0.262 e. The van der Waals surface area contributed by atoms with Crippen LogP contribution in [0.3, 0.4) is 0 Å². The molecule has 2 aromatic carbocycles. The Morgan fingerprint density at radius 3 is 2.57 bits per heavy atom. The van der Waals surface area contributed by atoms with E-state index in [4.69, 9.17) is 9.84 Å². The molecule has 0 spiro atoms. The zero-order valence-corrected chi connectivity index (χ0v) is 17.7. The van der Waals surface area contributed by atoms with E-state index < -0.39 is 0 Å². The standard InChI is InChI=1S/C24H27N3O3/c1-16-7-9-17(10-8-16)22-14-21(19-5-4-6-20(13-19)30-3)25-27(22)23(28)15-26(2)24(29)18-11-12-18/h4-10,13,18,22H,11-12,14-15H2,1-3H3/t22-/m1/s1. The van der Waals surface area contributed by atoms with Gasteiger partial charge < -0.3 is 9.64 Å². The molecule has 0 aromatic heterocycles. The van der Waals surface area contributed by atoms with E-state index in [0.29, 0.717) is 6.42 Å². The molecule has 2 amide bonds. The summed E-state index contributed by atoms with van der Waals surface area (Å²) < 4.78 is 5.34. The van der Waals surface area contributed by atoms with Crippen molar-refractivity contribution in [1.29, 1.82) is 0 Å². The second-order valence-electron chi connectivity index (χ2n) is 8.12. The van der Waals surface area contributed by atoms with E-state index in [9.17, 15) is 9.59 Å². The highest BCUT2D eigenvalue weighted by molar-refractivity contribution is 6.03. The molecular weight excluding hydrogens is 378 g/mol. The maximum atomic E-state index is 13.2. The van der Waals surface area contributed by atoms with Crippen LogP contribution in [0.4, 0.5) is 0 Å². The number of methoxy groups -OCH3 is 1. The van der Waals surface area contributed by atoms with Gasteiger partial charge >= 0.3 is 0 Å². The first kappa shape index (κ1) is 20.1. The fourth-order valence-corrected chi connectivity index (χ4v) is 3.76. The van der Waals surface area contributed by atoms with Crippen LogP contribution in [0.25, 0.3) is 0 Å². The first-order valence-corrected chi connectivity index (χ1v) is 10.3. The fraction of sp³-hybridized carbons (Fsp3) is 0.375. The minimum absolute atomic E-state index is 0.0343. The second kappa shape index (κ2) is 8.30. The van der Waals surface area contributed by atoms with Crippen molar-refractivity contribution in [1.82, 2.24) is 9.91 Å². The molecule has 30 heavy (non-hydrogen) atoms. The Balaban J connectivity index is 1.60. The van der Waals surface area contributed by atoms with Crippen molar-refractivity contribution >= 4 is 17.5 Å². The lowest BCUT2D eigenvalue weighted by Crippen LogP contribution is -2.39. The van der Waals surface area contributed by atoms with Crippen molar-refractivity contribution < 1.29 is 14.3 Å². The minimum Gasteiger partial charge on any atom is -0.497 e. The number of carbonyl (C=O) groups excluding carboxylic acids is 2. The summed E-state index contributed by atoms with van der Waals surface area (Å²) in [6, 6.07) is 15.7. The van der Waals surface area contributed by atoms with E-state index in [1.165, 1.54) is 10.5 Å². The number of amides is 2. The van der Waals surface area contributed by atoms with Crippen molar-refractivity contribution in [2.45, 2.75) is 32.2 Å². The molecule has 0 bridgehead atoms. The molecular formula is C24H27N3O3. The molecule has 0 unspecified atom stereocenters. The Morgan fingerprint density at radius 1 is 1.17 bits per heavy atom. The van der Waals surface area contributed by atoms with Gasteiger partial charge in [-0.1, -0.05) is 42.0 Å². The smallest absolute Gasteiger partial charge is 0.262 e. The van der Waals surface area contributed by atoms with Crippen molar-refractivity contribution in [3.8, 4) is 5.75 Å². The predicted molar refractivity (Wildman–Crippen MR) is 115 cm³/mol. The molecule has 6 heteroatoms. The summed E-state index contributed by atoms with van der Waals surface area (Å²) in [4.78, 5) is 27.0. The van der Waals surface area contributed by atoms with Gasteiger partial charge in [-0.2, -0.15) is 5.10 Å². The molecule has 1 atom stereocenters. The summed E-state index contributed by atoms with van der Waals surface area (Å²) in [7, 11) is 3.33. The van der Waals surface area contributed by atoms with Crippen LogP contribution >= 0.6 is 0 Å². The second-order valence-corrected chi connectivity index (χ2v) is 8.12. The zero-order valence-electron chi connectivity index (χ0n) is 17.7. The monoisotopic (exact) mass is 405 g/mol. The van der Waals surface area contributed by atoms with E-state index >= 15 is 0 Å². The zero-order chi connectivity index (χ0) is 21.3. The Kier molecular flexibility index (Phi) is 5.57. The van der Waals surface area contributed by atoms with Gasteiger partial charge in [0.25, 0.3) is 5.91 Å². The van der Waals surface area contributed by atoms with Crippen LogP contribution in [-0.4, -0.2) is 48.1 Å². The SMILES string of the molecule is COc1cccc(C2=NN(C(=O)CN(C)C(=O)C3CC3)[C@@H](c3ccc(C)cc3)C2)c1. The Hall–Kier alpha value is -3.15. The first-order valence-electron chi connectivity index (χ1n) is 10.3. The first-order chi connectivity index (χ1) is 14.5. The van der Waals surface area contributed by atoms with Gasteiger partial charge in [-0.05, 0) is 37.5 Å². The van der Waals surface area contributed by atoms with Gasteiger partial charge in [-0.3, -0.25) is 9.59 Å². The molecule has 156 valence electrons. The number of nitrogens with zero attached hydrogens (tertiary/aromatic N) is 3. The third kappa shape index (κ3) is 4.22. The van der Waals surface area contributed by atoms with Crippen LogP contribution in [0, 0.1) is 12.8 Å². The van der Waals surface area contributed by atoms with Gasteiger partial charge in [0.15, 0.2) is 0 Å². The van der Waals surface area contributed by atoms with Crippen molar-refractivity contribution in [2.24, 2.45) is 11.0 Å². The lowest BCUT2D eigenvalue weighted by Gasteiger charge is -2.25. The third-order valence-electron chi connectivity index (χ3n) is 5.71. The highest BCUT2D eigenvalue weighted by Gasteiger charge is 2.36. The summed E-state index contributed by atoms with van der Waals surface area (Å²) in [5.74, 6) is 0.716. The molecule has 0 radical (unpaired) electrons. The number of hydrogen-bond donors (Lipinski definition) is 0. The number of likely N-dealkylation sites (N-methyl/N-ethyl adjacent to an activating group) is 1. The largest absolute Gasteiger partial charge is 0.497 e. The van der Waals surface area contributed by atoms with E-state index in [2.05, 4.69) is 0 Å².